The number of nitrogens with zero attached hydrogens (tertiary/aromatic N) is 1. The van der Waals surface area contributed by atoms with Gasteiger partial charge in [-0.15, -0.1) is 0 Å². The fraction of sp³-hybridized carbons (Fsp3) is 0.368. The van der Waals surface area contributed by atoms with Gasteiger partial charge in [0.2, 0.25) is 0 Å². The zero-order chi connectivity index (χ0) is 17.9. The molecule has 2 aromatic rings. The third kappa shape index (κ3) is 3.96. The number of nitrogens with one attached hydrogen (secondary N) is 1. The van der Waals surface area contributed by atoms with E-state index in [9.17, 15) is 13.2 Å². The van der Waals surface area contributed by atoms with Crippen molar-refractivity contribution < 1.29 is 17.9 Å². The van der Waals surface area contributed by atoms with E-state index in [1.165, 1.54) is 6.07 Å². The van der Waals surface area contributed by atoms with Gasteiger partial charge in [0.25, 0.3) is 0 Å². The summed E-state index contributed by atoms with van der Waals surface area (Å²) in [6.07, 6.45) is -4.39. The molecule has 0 spiro atoms. The summed E-state index contributed by atoms with van der Waals surface area (Å²) in [6, 6.07) is 12.7. The third-order valence-electron chi connectivity index (χ3n) is 4.49. The monoisotopic (exact) mass is 350 g/mol. The largest absolute Gasteiger partial charge is 0.497 e. The van der Waals surface area contributed by atoms with Gasteiger partial charge in [0.15, 0.2) is 0 Å². The van der Waals surface area contributed by atoms with Crippen LogP contribution in [0.25, 0.3) is 0 Å². The first kappa shape index (κ1) is 17.8. The first-order valence-corrected chi connectivity index (χ1v) is 8.25. The topological polar surface area (TPSA) is 24.5 Å². The van der Waals surface area contributed by atoms with Gasteiger partial charge in [-0.1, -0.05) is 30.3 Å². The molecule has 0 aliphatic carbocycles. The van der Waals surface area contributed by atoms with Gasteiger partial charge in [-0.05, 0) is 29.3 Å². The number of alkyl halides is 3. The van der Waals surface area contributed by atoms with E-state index in [4.69, 9.17) is 4.74 Å². The molecule has 0 amide bonds. The quantitative estimate of drug-likeness (QED) is 0.910. The van der Waals surface area contributed by atoms with Crippen molar-refractivity contribution in [3.05, 3.63) is 65.2 Å². The highest BCUT2D eigenvalue weighted by Crippen LogP contribution is 2.39. The molecule has 0 radical (unpaired) electrons. The maximum Gasteiger partial charge on any atom is 0.416 e. The number of benzene rings is 2. The first-order chi connectivity index (χ1) is 12.0. The van der Waals surface area contributed by atoms with E-state index < -0.39 is 17.8 Å². The lowest BCUT2D eigenvalue weighted by Crippen LogP contribution is -2.45. The second kappa shape index (κ2) is 7.45. The van der Waals surface area contributed by atoms with Crippen LogP contribution in [-0.2, 0) is 6.18 Å². The Morgan fingerprint density at radius 3 is 2.44 bits per heavy atom. The molecular formula is C19H21F3N2O. The second-order valence-electron chi connectivity index (χ2n) is 6.05. The lowest BCUT2D eigenvalue weighted by molar-refractivity contribution is -0.138. The summed E-state index contributed by atoms with van der Waals surface area (Å²) in [5, 5.41) is 3.25. The second-order valence-corrected chi connectivity index (χ2v) is 6.05. The van der Waals surface area contributed by atoms with Crippen molar-refractivity contribution >= 4 is 0 Å². The van der Waals surface area contributed by atoms with Crippen LogP contribution in [0.15, 0.2) is 48.5 Å². The molecule has 0 aromatic heterocycles. The van der Waals surface area contributed by atoms with E-state index in [1.54, 1.807) is 25.3 Å². The lowest BCUT2D eigenvalue weighted by Gasteiger charge is -2.36. The fourth-order valence-electron chi connectivity index (χ4n) is 3.33. The standard InChI is InChI=1S/C19H21F3N2O/c1-25-15-6-4-5-14(13-15)18(24-11-9-23-10-12-24)16-7-2-3-8-17(16)19(20,21)22/h2-8,13,18,23H,9-12H2,1H3. The van der Waals surface area contributed by atoms with Gasteiger partial charge in [0, 0.05) is 26.2 Å². The van der Waals surface area contributed by atoms with Crippen molar-refractivity contribution in [2.24, 2.45) is 0 Å². The molecule has 3 nitrogen and oxygen atoms in total. The van der Waals surface area contributed by atoms with Crippen LogP contribution in [0.1, 0.15) is 22.7 Å². The van der Waals surface area contributed by atoms with E-state index >= 15 is 0 Å². The van der Waals surface area contributed by atoms with Gasteiger partial charge in [-0.3, -0.25) is 4.90 Å². The van der Waals surface area contributed by atoms with Crippen LogP contribution in [0, 0.1) is 0 Å². The number of hydrogen-bond acceptors (Lipinski definition) is 3. The highest BCUT2D eigenvalue weighted by molar-refractivity contribution is 5.41. The Morgan fingerprint density at radius 2 is 1.76 bits per heavy atom. The van der Waals surface area contributed by atoms with E-state index in [0.29, 0.717) is 18.8 Å². The number of ether oxygens (including phenoxy) is 1. The molecule has 1 aliphatic rings. The molecule has 1 fully saturated rings. The summed E-state index contributed by atoms with van der Waals surface area (Å²) in [5.74, 6) is 0.641. The Hall–Kier alpha value is -2.05. The minimum atomic E-state index is -4.39. The Bertz CT molecular complexity index is 712. The van der Waals surface area contributed by atoms with Crippen molar-refractivity contribution in [1.29, 1.82) is 0 Å². The molecular weight excluding hydrogens is 329 g/mol. The predicted molar refractivity (Wildman–Crippen MR) is 90.7 cm³/mol. The van der Waals surface area contributed by atoms with Gasteiger partial charge in [0.1, 0.15) is 5.75 Å². The third-order valence-corrected chi connectivity index (χ3v) is 4.49. The number of hydrogen-bond donors (Lipinski definition) is 1. The lowest BCUT2D eigenvalue weighted by atomic mass is 9.92. The van der Waals surface area contributed by atoms with Crippen LogP contribution in [0.4, 0.5) is 13.2 Å². The highest BCUT2D eigenvalue weighted by atomic mass is 19.4. The zero-order valence-corrected chi connectivity index (χ0v) is 14.0. The van der Waals surface area contributed by atoms with E-state index in [2.05, 4.69) is 10.2 Å². The molecule has 1 atom stereocenters. The van der Waals surface area contributed by atoms with Crippen LogP contribution in [0.2, 0.25) is 0 Å². The normalized spacial score (nSPS) is 17.3. The first-order valence-electron chi connectivity index (χ1n) is 8.25. The van der Waals surface area contributed by atoms with Gasteiger partial charge < -0.3 is 10.1 Å². The zero-order valence-electron chi connectivity index (χ0n) is 14.0. The van der Waals surface area contributed by atoms with Crippen LogP contribution in [-0.4, -0.2) is 38.2 Å². The van der Waals surface area contributed by atoms with Crippen molar-refractivity contribution in [2.45, 2.75) is 12.2 Å². The number of rotatable bonds is 4. The van der Waals surface area contributed by atoms with Crippen molar-refractivity contribution in [3.63, 3.8) is 0 Å². The predicted octanol–water partition coefficient (Wildman–Crippen LogP) is 3.71. The molecule has 0 bridgehead atoms. The molecule has 134 valence electrons. The van der Waals surface area contributed by atoms with E-state index in [-0.39, 0.29) is 5.56 Å². The Balaban J connectivity index is 2.11. The van der Waals surface area contributed by atoms with Crippen LogP contribution >= 0.6 is 0 Å². The summed E-state index contributed by atoms with van der Waals surface area (Å²) in [6.45, 7) is 2.89. The molecule has 25 heavy (non-hydrogen) atoms. The molecule has 1 aliphatic heterocycles. The van der Waals surface area contributed by atoms with Crippen molar-refractivity contribution in [1.82, 2.24) is 10.2 Å². The van der Waals surface area contributed by atoms with Gasteiger partial charge >= 0.3 is 6.18 Å². The number of methoxy groups -OCH3 is 1. The Kier molecular flexibility index (Phi) is 5.30. The van der Waals surface area contributed by atoms with Gasteiger partial charge in [-0.25, -0.2) is 0 Å². The maximum absolute atomic E-state index is 13.6. The van der Waals surface area contributed by atoms with E-state index in [0.717, 1.165) is 24.7 Å². The minimum Gasteiger partial charge on any atom is -0.497 e. The summed E-state index contributed by atoms with van der Waals surface area (Å²) in [5.41, 5.74) is 0.504. The summed E-state index contributed by atoms with van der Waals surface area (Å²) >= 11 is 0. The van der Waals surface area contributed by atoms with E-state index in [1.807, 2.05) is 18.2 Å². The summed E-state index contributed by atoms with van der Waals surface area (Å²) < 4.78 is 46.0. The average molecular weight is 350 g/mol. The molecule has 2 aromatic carbocycles. The maximum atomic E-state index is 13.6. The van der Waals surface area contributed by atoms with Crippen LogP contribution in [0.5, 0.6) is 5.75 Å². The van der Waals surface area contributed by atoms with Gasteiger partial charge in [0.05, 0.1) is 18.7 Å². The fourth-order valence-corrected chi connectivity index (χ4v) is 3.33. The number of piperazine rings is 1. The summed E-state index contributed by atoms with van der Waals surface area (Å²) in [7, 11) is 1.56. The highest BCUT2D eigenvalue weighted by Gasteiger charge is 2.37. The van der Waals surface area contributed by atoms with Crippen molar-refractivity contribution in [2.75, 3.05) is 33.3 Å². The molecule has 3 rings (SSSR count). The molecule has 1 heterocycles. The molecule has 6 heteroatoms. The SMILES string of the molecule is COc1cccc(C(c2ccccc2C(F)(F)F)N2CCNCC2)c1. The minimum absolute atomic E-state index is 0.283. The van der Waals surface area contributed by atoms with Gasteiger partial charge in [-0.2, -0.15) is 13.2 Å². The molecule has 1 unspecified atom stereocenters. The molecule has 1 saturated heterocycles. The Morgan fingerprint density at radius 1 is 1.04 bits per heavy atom. The smallest absolute Gasteiger partial charge is 0.416 e. The van der Waals surface area contributed by atoms with Crippen molar-refractivity contribution in [3.8, 4) is 5.75 Å². The average Bonchev–Trinajstić information content (AvgIpc) is 2.63. The molecule has 1 N–H and O–H groups in total. The Labute approximate surface area is 145 Å². The number of halogens is 3. The van der Waals surface area contributed by atoms with Crippen LogP contribution < -0.4 is 10.1 Å². The summed E-state index contributed by atoms with van der Waals surface area (Å²) in [4.78, 5) is 2.09. The molecule has 0 saturated carbocycles. The van der Waals surface area contributed by atoms with Crippen LogP contribution in [0.3, 0.4) is 0 Å².